The lowest BCUT2D eigenvalue weighted by Gasteiger charge is -2.30. The van der Waals surface area contributed by atoms with Crippen LogP contribution in [0.3, 0.4) is 0 Å². The van der Waals surface area contributed by atoms with Crippen LogP contribution in [0.5, 0.6) is 11.6 Å². The Morgan fingerprint density at radius 1 is 1.24 bits per heavy atom. The zero-order valence-corrected chi connectivity index (χ0v) is 18.4. The zero-order chi connectivity index (χ0) is 24.1. The summed E-state index contributed by atoms with van der Waals surface area (Å²) in [6.07, 6.45) is 8.38. The highest BCUT2D eigenvalue weighted by atomic mass is 19.1. The number of hydrogen-bond acceptors (Lipinski definition) is 7. The topological polar surface area (TPSA) is 110 Å². The number of hydrogen-bond donors (Lipinski definition) is 2. The van der Waals surface area contributed by atoms with E-state index in [1.54, 1.807) is 37.6 Å². The minimum Gasteiger partial charge on any atom is -0.497 e. The van der Waals surface area contributed by atoms with Crippen LogP contribution in [-0.2, 0) is 0 Å². The molecule has 1 saturated heterocycles. The molecule has 0 bridgehead atoms. The summed E-state index contributed by atoms with van der Waals surface area (Å²) < 4.78 is 26.1. The predicted molar refractivity (Wildman–Crippen MR) is 123 cm³/mol. The molecule has 4 rings (SSSR count). The highest BCUT2D eigenvalue weighted by molar-refractivity contribution is 5.70. The maximum atomic E-state index is 14.9. The first kappa shape index (κ1) is 22.8. The van der Waals surface area contributed by atoms with Crippen molar-refractivity contribution < 1.29 is 23.8 Å². The summed E-state index contributed by atoms with van der Waals surface area (Å²) in [6, 6.07) is 8.07. The number of nitrogens with zero attached hydrogens (tertiary/aromatic N) is 4. The lowest BCUT2D eigenvalue weighted by Crippen LogP contribution is -2.41. The van der Waals surface area contributed by atoms with Crippen molar-refractivity contribution in [1.29, 1.82) is 0 Å². The number of anilines is 2. The van der Waals surface area contributed by atoms with E-state index in [1.807, 2.05) is 0 Å². The Kier molecular flexibility index (Phi) is 6.73. The third kappa shape index (κ3) is 4.99. The predicted octanol–water partition coefficient (Wildman–Crippen LogP) is 3.93. The van der Waals surface area contributed by atoms with Crippen LogP contribution >= 0.6 is 0 Å². The number of pyridine rings is 1. The van der Waals surface area contributed by atoms with Crippen molar-refractivity contribution in [1.82, 2.24) is 19.9 Å². The largest absolute Gasteiger partial charge is 0.497 e. The molecule has 0 atom stereocenters. The first-order chi connectivity index (χ1) is 16.5. The van der Waals surface area contributed by atoms with Crippen molar-refractivity contribution in [2.45, 2.75) is 18.9 Å². The number of rotatable bonds is 6. The molecule has 1 aliphatic heterocycles. The van der Waals surface area contributed by atoms with E-state index in [0.717, 1.165) is 0 Å². The average Bonchev–Trinajstić information content (AvgIpc) is 2.86. The van der Waals surface area contributed by atoms with E-state index in [9.17, 15) is 9.18 Å². The normalized spacial score (nSPS) is 13.7. The van der Waals surface area contributed by atoms with Crippen LogP contribution in [0.2, 0.25) is 0 Å². The lowest BCUT2D eigenvalue weighted by atomic mass is 10.1. The van der Waals surface area contributed by atoms with Gasteiger partial charge in [0.25, 0.3) is 0 Å². The molecule has 10 heteroatoms. The van der Waals surface area contributed by atoms with Gasteiger partial charge in [-0.1, -0.05) is 12.0 Å². The molecule has 34 heavy (non-hydrogen) atoms. The number of carbonyl (C=O) groups is 1. The van der Waals surface area contributed by atoms with Crippen molar-refractivity contribution in [3.8, 4) is 35.2 Å². The van der Waals surface area contributed by atoms with Gasteiger partial charge in [-0.25, -0.2) is 19.2 Å². The molecule has 0 unspecified atom stereocenters. The van der Waals surface area contributed by atoms with Crippen molar-refractivity contribution >= 4 is 17.6 Å². The SMILES string of the molecule is C#Cc1c(Nc2ccc(-c3cc(OC)ccn3)cc2F)ncnc1OC1CCN(C(=O)O)CC1. The number of nitrogens with one attached hydrogen (secondary N) is 1. The van der Waals surface area contributed by atoms with Gasteiger partial charge < -0.3 is 24.8 Å². The third-order valence-corrected chi connectivity index (χ3v) is 5.43. The van der Waals surface area contributed by atoms with E-state index in [2.05, 4.69) is 26.2 Å². The highest BCUT2D eigenvalue weighted by Gasteiger charge is 2.25. The molecule has 3 heterocycles. The number of aromatic nitrogens is 3. The molecule has 1 amide bonds. The van der Waals surface area contributed by atoms with Crippen LogP contribution in [0, 0.1) is 18.2 Å². The van der Waals surface area contributed by atoms with Crippen LogP contribution in [-0.4, -0.2) is 57.4 Å². The van der Waals surface area contributed by atoms with Gasteiger partial charge in [0.15, 0.2) is 5.82 Å². The number of benzene rings is 1. The lowest BCUT2D eigenvalue weighted by molar-refractivity contribution is 0.0869. The monoisotopic (exact) mass is 463 g/mol. The first-order valence-corrected chi connectivity index (χ1v) is 10.5. The third-order valence-electron chi connectivity index (χ3n) is 5.43. The second-order valence-electron chi connectivity index (χ2n) is 7.53. The summed E-state index contributed by atoms with van der Waals surface area (Å²) in [5.74, 6) is 3.02. The van der Waals surface area contributed by atoms with Gasteiger partial charge in [-0.2, -0.15) is 0 Å². The summed E-state index contributed by atoms with van der Waals surface area (Å²) in [5, 5.41) is 12.0. The second kappa shape index (κ2) is 10.0. The Labute approximate surface area is 195 Å². The van der Waals surface area contributed by atoms with E-state index in [-0.39, 0.29) is 29.1 Å². The maximum Gasteiger partial charge on any atom is 0.407 e. The molecule has 2 aromatic heterocycles. The molecular formula is C24H22FN5O4. The molecule has 0 aliphatic carbocycles. The van der Waals surface area contributed by atoms with Gasteiger partial charge in [0.2, 0.25) is 5.88 Å². The first-order valence-electron chi connectivity index (χ1n) is 10.5. The molecule has 9 nitrogen and oxygen atoms in total. The summed E-state index contributed by atoms with van der Waals surface area (Å²) in [4.78, 5) is 25.0. The van der Waals surface area contributed by atoms with Crippen LogP contribution in [0.15, 0.2) is 42.9 Å². The van der Waals surface area contributed by atoms with Gasteiger partial charge in [0.05, 0.1) is 18.5 Å². The molecule has 174 valence electrons. The van der Waals surface area contributed by atoms with Crippen molar-refractivity contribution in [3.63, 3.8) is 0 Å². The second-order valence-corrected chi connectivity index (χ2v) is 7.53. The number of terminal acetylenes is 1. The molecule has 3 aromatic rings. The summed E-state index contributed by atoms with van der Waals surface area (Å²) in [7, 11) is 1.55. The fourth-order valence-electron chi connectivity index (χ4n) is 3.61. The molecule has 2 N–H and O–H groups in total. The minimum absolute atomic E-state index is 0.169. The smallest absolute Gasteiger partial charge is 0.407 e. The Balaban J connectivity index is 1.52. The number of halogens is 1. The number of ether oxygens (including phenoxy) is 2. The summed E-state index contributed by atoms with van der Waals surface area (Å²) in [5.41, 5.74) is 1.57. The molecule has 1 fully saturated rings. The fraction of sp³-hybridized carbons (Fsp3) is 0.250. The summed E-state index contributed by atoms with van der Waals surface area (Å²) >= 11 is 0. The van der Waals surface area contributed by atoms with E-state index < -0.39 is 11.9 Å². The van der Waals surface area contributed by atoms with Gasteiger partial charge in [-0.05, 0) is 18.2 Å². The van der Waals surface area contributed by atoms with Crippen LogP contribution in [0.25, 0.3) is 11.3 Å². The van der Waals surface area contributed by atoms with Gasteiger partial charge >= 0.3 is 6.09 Å². The Morgan fingerprint density at radius 2 is 2.03 bits per heavy atom. The Hall–Kier alpha value is -4.39. The number of carboxylic acid groups (broad SMARTS) is 1. The quantitative estimate of drug-likeness (QED) is 0.529. The Bertz CT molecular complexity index is 1240. The van der Waals surface area contributed by atoms with E-state index in [1.165, 1.54) is 17.3 Å². The molecule has 0 saturated carbocycles. The minimum atomic E-state index is -0.952. The van der Waals surface area contributed by atoms with E-state index in [0.29, 0.717) is 42.9 Å². The molecular weight excluding hydrogens is 441 g/mol. The number of likely N-dealkylation sites (tertiary alicyclic amines) is 1. The van der Waals surface area contributed by atoms with E-state index in [4.69, 9.17) is 21.0 Å². The van der Waals surface area contributed by atoms with Gasteiger partial charge in [0.1, 0.15) is 29.6 Å². The maximum absolute atomic E-state index is 14.9. The number of amides is 1. The Morgan fingerprint density at radius 3 is 2.71 bits per heavy atom. The molecule has 0 spiro atoms. The standard InChI is InChI=1S/C24H22FN5O4/c1-3-18-22(27-14-28-23(18)34-16-7-10-30(11-8-16)24(31)32)29-20-5-4-15(12-19(20)25)21-13-17(33-2)6-9-26-21/h1,4-6,9,12-14,16H,7-8,10-11H2,2H3,(H,31,32)(H,27,28,29). The van der Waals surface area contributed by atoms with Crippen LogP contribution in [0.4, 0.5) is 20.7 Å². The highest BCUT2D eigenvalue weighted by Crippen LogP contribution is 2.30. The van der Waals surface area contributed by atoms with E-state index >= 15 is 0 Å². The number of piperidine rings is 1. The van der Waals surface area contributed by atoms with Crippen LogP contribution in [0.1, 0.15) is 18.4 Å². The average molecular weight is 463 g/mol. The fourth-order valence-corrected chi connectivity index (χ4v) is 3.61. The molecule has 1 aliphatic rings. The van der Waals surface area contributed by atoms with Gasteiger partial charge in [0, 0.05) is 43.8 Å². The molecule has 0 radical (unpaired) electrons. The zero-order valence-electron chi connectivity index (χ0n) is 18.4. The summed E-state index contributed by atoms with van der Waals surface area (Å²) in [6.45, 7) is 0.725. The number of methoxy groups -OCH3 is 1. The van der Waals surface area contributed by atoms with Crippen molar-refractivity contribution in [3.05, 3.63) is 54.2 Å². The molecule has 1 aromatic carbocycles. The van der Waals surface area contributed by atoms with Crippen molar-refractivity contribution in [2.24, 2.45) is 0 Å². The van der Waals surface area contributed by atoms with Crippen LogP contribution < -0.4 is 14.8 Å². The van der Waals surface area contributed by atoms with Gasteiger partial charge in [-0.3, -0.25) is 4.98 Å². The van der Waals surface area contributed by atoms with Gasteiger partial charge in [-0.15, -0.1) is 6.42 Å². The van der Waals surface area contributed by atoms with Crippen molar-refractivity contribution in [2.75, 3.05) is 25.5 Å².